The van der Waals surface area contributed by atoms with Crippen molar-refractivity contribution in [3.05, 3.63) is 51.9 Å². The lowest BCUT2D eigenvalue weighted by Gasteiger charge is -2.00. The molecule has 0 aliphatic heterocycles. The van der Waals surface area contributed by atoms with E-state index in [1.807, 2.05) is 0 Å². The van der Waals surface area contributed by atoms with Gasteiger partial charge in [-0.15, -0.1) is 0 Å². The molecule has 0 aliphatic carbocycles. The molecule has 3 N–H and O–H groups in total. The summed E-state index contributed by atoms with van der Waals surface area (Å²) in [6.07, 6.45) is 3.33. The minimum atomic E-state index is -1.30. The summed E-state index contributed by atoms with van der Waals surface area (Å²) >= 11 is 0. The van der Waals surface area contributed by atoms with Crippen molar-refractivity contribution in [1.82, 2.24) is 0 Å². The molecule has 1 aromatic heterocycles. The van der Waals surface area contributed by atoms with Crippen LogP contribution in [0.2, 0.25) is 0 Å². The Labute approximate surface area is 113 Å². The van der Waals surface area contributed by atoms with Gasteiger partial charge in [-0.05, 0) is 17.7 Å². The molecule has 2 rings (SSSR count). The van der Waals surface area contributed by atoms with Crippen molar-refractivity contribution < 1.29 is 19.1 Å². The monoisotopic (exact) mass is 273 g/mol. The number of fused-ring (bicyclic) bond motifs is 1. The van der Waals surface area contributed by atoms with Crippen LogP contribution in [-0.2, 0) is 4.79 Å². The van der Waals surface area contributed by atoms with Crippen molar-refractivity contribution in [3.8, 4) is 0 Å². The van der Waals surface area contributed by atoms with Crippen LogP contribution in [0.4, 0.5) is 0 Å². The van der Waals surface area contributed by atoms with Crippen LogP contribution in [0.3, 0.4) is 0 Å². The third kappa shape index (κ3) is 2.92. The number of rotatable bonds is 4. The van der Waals surface area contributed by atoms with Crippen molar-refractivity contribution in [2.24, 2.45) is 5.73 Å². The third-order valence-corrected chi connectivity index (χ3v) is 2.59. The number of primary amides is 1. The van der Waals surface area contributed by atoms with E-state index in [1.165, 1.54) is 6.07 Å². The number of carbonyl (C=O) groups is 2. The Bertz CT molecular complexity index is 773. The van der Waals surface area contributed by atoms with Gasteiger partial charge < -0.3 is 15.3 Å². The Morgan fingerprint density at radius 3 is 2.70 bits per heavy atom. The zero-order valence-electron chi connectivity index (χ0n) is 10.3. The van der Waals surface area contributed by atoms with Gasteiger partial charge >= 0.3 is 5.97 Å². The lowest BCUT2D eigenvalue weighted by molar-refractivity contribution is -0.117. The Morgan fingerprint density at radius 1 is 1.30 bits per heavy atom. The molecule has 1 heterocycles. The highest BCUT2D eigenvalue weighted by Gasteiger charge is 2.10. The summed E-state index contributed by atoms with van der Waals surface area (Å²) in [5, 5.41) is 9.08. The fraction of sp³-hybridized carbons (Fsp3) is 0.0714. The van der Waals surface area contributed by atoms with Gasteiger partial charge in [0.05, 0.1) is 5.39 Å². The first-order chi connectivity index (χ1) is 9.47. The smallest absolute Gasteiger partial charge is 0.371 e. The highest BCUT2D eigenvalue weighted by molar-refractivity contribution is 5.88. The SMILES string of the molecule is NC(=O)CC=Cc1ccc2oc(C(=O)O)cc(=O)c2c1. The van der Waals surface area contributed by atoms with E-state index in [-0.39, 0.29) is 17.4 Å². The molecule has 0 fully saturated rings. The summed E-state index contributed by atoms with van der Waals surface area (Å²) in [6.45, 7) is 0. The maximum Gasteiger partial charge on any atom is 0.371 e. The quantitative estimate of drug-likeness (QED) is 0.874. The first-order valence-electron chi connectivity index (χ1n) is 5.73. The van der Waals surface area contributed by atoms with Gasteiger partial charge in [0.15, 0.2) is 5.43 Å². The molecule has 2 aromatic rings. The van der Waals surface area contributed by atoms with Gasteiger partial charge in [0.2, 0.25) is 11.7 Å². The van der Waals surface area contributed by atoms with Crippen molar-refractivity contribution in [3.63, 3.8) is 0 Å². The van der Waals surface area contributed by atoms with E-state index < -0.39 is 23.1 Å². The predicted molar refractivity (Wildman–Crippen MR) is 72.3 cm³/mol. The van der Waals surface area contributed by atoms with Gasteiger partial charge in [-0.3, -0.25) is 9.59 Å². The largest absolute Gasteiger partial charge is 0.475 e. The van der Waals surface area contributed by atoms with Crippen LogP contribution in [0.15, 0.2) is 39.6 Å². The zero-order chi connectivity index (χ0) is 14.7. The standard InChI is InChI=1S/C14H11NO5/c15-13(17)3-1-2-8-4-5-11-9(6-8)10(16)7-12(20-11)14(18)19/h1-2,4-7H,3H2,(H2,15,17)(H,18,19). The first kappa shape index (κ1) is 13.5. The van der Waals surface area contributed by atoms with Gasteiger partial charge in [0.1, 0.15) is 5.58 Å². The van der Waals surface area contributed by atoms with Crippen molar-refractivity contribution in [2.75, 3.05) is 0 Å². The molecule has 0 unspecified atom stereocenters. The molecule has 1 amide bonds. The number of hydrogen-bond acceptors (Lipinski definition) is 4. The molecule has 6 nitrogen and oxygen atoms in total. The molecule has 1 aromatic carbocycles. The lowest BCUT2D eigenvalue weighted by atomic mass is 10.1. The molecular formula is C14H11NO5. The maximum atomic E-state index is 11.8. The molecule has 20 heavy (non-hydrogen) atoms. The summed E-state index contributed by atoms with van der Waals surface area (Å²) in [6, 6.07) is 5.65. The predicted octanol–water partition coefficient (Wildman–Crippen LogP) is 1.38. The van der Waals surface area contributed by atoms with E-state index >= 15 is 0 Å². The number of aromatic carboxylic acids is 1. The molecular weight excluding hydrogens is 262 g/mol. The summed E-state index contributed by atoms with van der Waals surface area (Å²) in [4.78, 5) is 33.2. The summed E-state index contributed by atoms with van der Waals surface area (Å²) in [5.74, 6) is -2.15. The molecule has 0 spiro atoms. The fourth-order valence-corrected chi connectivity index (χ4v) is 1.69. The van der Waals surface area contributed by atoms with E-state index in [2.05, 4.69) is 0 Å². The maximum absolute atomic E-state index is 11.8. The number of nitrogens with two attached hydrogens (primary N) is 1. The molecule has 0 atom stereocenters. The summed E-state index contributed by atoms with van der Waals surface area (Å²) in [5.41, 5.74) is 5.45. The van der Waals surface area contributed by atoms with Gasteiger partial charge in [-0.1, -0.05) is 18.2 Å². The van der Waals surface area contributed by atoms with E-state index in [4.69, 9.17) is 15.3 Å². The Hall–Kier alpha value is -2.89. The minimum absolute atomic E-state index is 0.102. The topological polar surface area (TPSA) is 111 Å². The summed E-state index contributed by atoms with van der Waals surface area (Å²) in [7, 11) is 0. The van der Waals surface area contributed by atoms with Crippen molar-refractivity contribution in [2.45, 2.75) is 6.42 Å². The fourth-order valence-electron chi connectivity index (χ4n) is 1.69. The third-order valence-electron chi connectivity index (χ3n) is 2.59. The number of hydrogen-bond donors (Lipinski definition) is 2. The normalized spacial score (nSPS) is 11.0. The zero-order valence-corrected chi connectivity index (χ0v) is 10.3. The van der Waals surface area contributed by atoms with Crippen LogP contribution in [0, 0.1) is 0 Å². The van der Waals surface area contributed by atoms with Crippen LogP contribution >= 0.6 is 0 Å². The molecule has 0 saturated carbocycles. The van der Waals surface area contributed by atoms with Crippen LogP contribution in [0.1, 0.15) is 22.5 Å². The minimum Gasteiger partial charge on any atom is -0.475 e. The van der Waals surface area contributed by atoms with E-state index in [9.17, 15) is 14.4 Å². The second-order valence-electron chi connectivity index (χ2n) is 4.11. The van der Waals surface area contributed by atoms with Crippen LogP contribution < -0.4 is 11.2 Å². The van der Waals surface area contributed by atoms with Crippen LogP contribution in [0.5, 0.6) is 0 Å². The second-order valence-corrected chi connectivity index (χ2v) is 4.11. The van der Waals surface area contributed by atoms with Gasteiger partial charge in [0.25, 0.3) is 0 Å². The molecule has 0 bridgehead atoms. The molecule has 6 heteroatoms. The first-order valence-corrected chi connectivity index (χ1v) is 5.73. The van der Waals surface area contributed by atoms with Gasteiger partial charge in [-0.2, -0.15) is 0 Å². The van der Waals surface area contributed by atoms with E-state index in [1.54, 1.807) is 24.3 Å². The lowest BCUT2D eigenvalue weighted by Crippen LogP contribution is -2.08. The number of benzene rings is 1. The Balaban J connectivity index is 2.45. The molecule has 0 saturated heterocycles. The number of carbonyl (C=O) groups excluding carboxylic acids is 1. The molecule has 102 valence electrons. The molecule has 0 aliphatic rings. The van der Waals surface area contributed by atoms with E-state index in [0.29, 0.717) is 5.56 Å². The van der Waals surface area contributed by atoms with Crippen molar-refractivity contribution in [1.29, 1.82) is 0 Å². The van der Waals surface area contributed by atoms with E-state index in [0.717, 1.165) is 6.07 Å². The average molecular weight is 273 g/mol. The highest BCUT2D eigenvalue weighted by atomic mass is 16.4. The van der Waals surface area contributed by atoms with Crippen molar-refractivity contribution >= 4 is 28.9 Å². The average Bonchev–Trinajstić information content (AvgIpc) is 2.38. The van der Waals surface area contributed by atoms with Gasteiger partial charge in [-0.25, -0.2) is 4.79 Å². The number of carboxylic acids is 1. The van der Waals surface area contributed by atoms with Crippen LogP contribution in [0.25, 0.3) is 17.0 Å². The van der Waals surface area contributed by atoms with Crippen LogP contribution in [-0.4, -0.2) is 17.0 Å². The molecule has 0 radical (unpaired) electrons. The highest BCUT2D eigenvalue weighted by Crippen LogP contribution is 2.15. The summed E-state index contributed by atoms with van der Waals surface area (Å²) < 4.78 is 5.10. The number of carboxylic acid groups (broad SMARTS) is 1. The second kappa shape index (κ2) is 5.40. The Morgan fingerprint density at radius 2 is 2.05 bits per heavy atom. The Kier molecular flexibility index (Phi) is 3.65. The number of amides is 1. The van der Waals surface area contributed by atoms with Gasteiger partial charge in [0, 0.05) is 12.5 Å².